The minimum Gasteiger partial charge on any atom is -0.480 e. The van der Waals surface area contributed by atoms with E-state index in [1.807, 2.05) is 0 Å². The summed E-state index contributed by atoms with van der Waals surface area (Å²) in [5.41, 5.74) is 0.419. The first-order chi connectivity index (χ1) is 9.43. The van der Waals surface area contributed by atoms with Crippen LogP contribution in [-0.4, -0.2) is 50.0 Å². The number of hydrogen-bond acceptors (Lipinski definition) is 4. The highest BCUT2D eigenvalue weighted by Gasteiger charge is 2.42. The Balaban J connectivity index is 2.32. The van der Waals surface area contributed by atoms with Crippen molar-refractivity contribution in [1.29, 1.82) is 0 Å². The number of fused-ring (bicyclic) bond motifs is 1. The predicted molar refractivity (Wildman–Crippen MR) is 71.9 cm³/mol. The van der Waals surface area contributed by atoms with Crippen LogP contribution in [0.5, 0.6) is 0 Å². The van der Waals surface area contributed by atoms with E-state index in [1.54, 1.807) is 12.1 Å². The van der Waals surface area contributed by atoms with Gasteiger partial charge in [0.15, 0.2) is 0 Å². The van der Waals surface area contributed by atoms with Crippen LogP contribution >= 0.6 is 0 Å². The summed E-state index contributed by atoms with van der Waals surface area (Å²) >= 11 is 0. The summed E-state index contributed by atoms with van der Waals surface area (Å²) < 4.78 is 11.1. The van der Waals surface area contributed by atoms with E-state index in [0.717, 1.165) is 4.90 Å². The Morgan fingerprint density at radius 2 is 1.75 bits per heavy atom. The minimum absolute atomic E-state index is 0.0239. The quantitative estimate of drug-likeness (QED) is 0.799. The molecule has 1 aliphatic heterocycles. The van der Waals surface area contributed by atoms with Crippen molar-refractivity contribution in [3.05, 3.63) is 35.4 Å². The molecule has 7 heteroatoms. The van der Waals surface area contributed by atoms with Crippen LogP contribution in [0.3, 0.4) is 0 Å². The summed E-state index contributed by atoms with van der Waals surface area (Å²) in [4.78, 5) is 36.4. The van der Waals surface area contributed by atoms with Crippen LogP contribution in [0.25, 0.3) is 0 Å². The molecule has 2 rings (SSSR count). The Morgan fingerprint density at radius 3 is 2.15 bits per heavy atom. The third-order valence-corrected chi connectivity index (χ3v) is 3.91. The molecule has 0 aromatic heterocycles. The van der Waals surface area contributed by atoms with Crippen molar-refractivity contribution in [3.8, 4) is 0 Å². The van der Waals surface area contributed by atoms with Crippen molar-refractivity contribution < 1.29 is 23.7 Å². The molecule has 0 bridgehead atoms. The van der Waals surface area contributed by atoms with Crippen molar-refractivity contribution in [2.45, 2.75) is 12.5 Å². The second-order valence-electron chi connectivity index (χ2n) is 4.45. The van der Waals surface area contributed by atoms with Crippen molar-refractivity contribution in [3.63, 3.8) is 0 Å². The summed E-state index contributed by atoms with van der Waals surface area (Å²) in [5.74, 6) is -2.38. The van der Waals surface area contributed by atoms with Gasteiger partial charge in [0.25, 0.3) is 11.8 Å². The third-order valence-electron chi connectivity index (χ3n) is 3.10. The number of amides is 2. The molecule has 0 saturated heterocycles. The zero-order chi connectivity index (χ0) is 14.9. The molecular weight excluding hydrogens is 282 g/mol. The van der Waals surface area contributed by atoms with Gasteiger partial charge in [-0.25, -0.2) is 4.79 Å². The predicted octanol–water partition coefficient (Wildman–Crippen LogP) is 0.504. The normalized spacial score (nSPS) is 16.9. The van der Waals surface area contributed by atoms with Gasteiger partial charge in [0.2, 0.25) is 0 Å². The number of carbonyl (C=O) groups is 3. The molecule has 106 valence electrons. The monoisotopic (exact) mass is 295 g/mol. The number of hydrogen-bond donors (Lipinski definition) is 1. The van der Waals surface area contributed by atoms with Gasteiger partial charge in [-0.2, -0.15) is 0 Å². The number of carbonyl (C=O) groups excluding carboxylic acids is 2. The maximum absolute atomic E-state index is 12.2. The van der Waals surface area contributed by atoms with Gasteiger partial charge >= 0.3 is 5.97 Å². The summed E-state index contributed by atoms with van der Waals surface area (Å²) in [6, 6.07) is 4.93. The molecule has 0 saturated carbocycles. The second kappa shape index (κ2) is 5.54. The van der Waals surface area contributed by atoms with Crippen LogP contribution < -0.4 is 0 Å². The SMILES string of the molecule is C[S@](=O)CC[C@@H](C(=O)O)N1C(=O)c2ccccc2C1=O. The molecule has 1 aliphatic rings. The highest BCUT2D eigenvalue weighted by Crippen LogP contribution is 2.25. The number of aliphatic carboxylic acids is 1. The molecule has 0 fully saturated rings. The van der Waals surface area contributed by atoms with E-state index < -0.39 is 34.6 Å². The molecule has 1 N–H and O–H groups in total. The van der Waals surface area contributed by atoms with E-state index >= 15 is 0 Å². The third kappa shape index (κ3) is 2.49. The Bertz CT molecular complexity index is 578. The molecule has 0 unspecified atom stereocenters. The van der Waals surface area contributed by atoms with Gasteiger partial charge in [0.1, 0.15) is 6.04 Å². The average molecular weight is 295 g/mol. The zero-order valence-electron chi connectivity index (χ0n) is 10.7. The molecule has 0 spiro atoms. The summed E-state index contributed by atoms with van der Waals surface area (Å²) in [5, 5.41) is 9.22. The smallest absolute Gasteiger partial charge is 0.326 e. The summed E-state index contributed by atoms with van der Waals surface area (Å²) in [6.45, 7) is 0. The zero-order valence-corrected chi connectivity index (χ0v) is 11.6. The van der Waals surface area contributed by atoms with E-state index in [0.29, 0.717) is 0 Å². The summed E-state index contributed by atoms with van der Waals surface area (Å²) in [7, 11) is -1.19. The topological polar surface area (TPSA) is 91.8 Å². The standard InChI is InChI=1S/C13H13NO5S/c1-20(19)7-6-10(13(17)18)14-11(15)8-4-2-3-5-9(8)12(14)16/h2-5,10H,6-7H2,1H3,(H,17,18)/t10-,20-/m0/s1. The van der Waals surface area contributed by atoms with E-state index in [-0.39, 0.29) is 23.3 Å². The van der Waals surface area contributed by atoms with Crippen molar-refractivity contribution in [1.82, 2.24) is 4.90 Å². The summed E-state index contributed by atoms with van der Waals surface area (Å²) in [6.07, 6.45) is 1.42. The van der Waals surface area contributed by atoms with Crippen molar-refractivity contribution in [2.24, 2.45) is 0 Å². The van der Waals surface area contributed by atoms with Crippen LogP contribution in [0.15, 0.2) is 24.3 Å². The molecule has 2 amide bonds. The first-order valence-corrected chi connectivity index (χ1v) is 7.66. The highest BCUT2D eigenvalue weighted by atomic mass is 32.2. The van der Waals surface area contributed by atoms with Gasteiger partial charge in [-0.05, 0) is 18.6 Å². The lowest BCUT2D eigenvalue weighted by Crippen LogP contribution is -2.45. The second-order valence-corrected chi connectivity index (χ2v) is 6.00. The number of benzene rings is 1. The van der Waals surface area contributed by atoms with Gasteiger partial charge in [-0.15, -0.1) is 0 Å². The Kier molecular flexibility index (Phi) is 3.99. The van der Waals surface area contributed by atoms with Crippen LogP contribution in [0.1, 0.15) is 27.1 Å². The van der Waals surface area contributed by atoms with Crippen molar-refractivity contribution in [2.75, 3.05) is 12.0 Å². The fourth-order valence-corrected chi connectivity index (χ4v) is 2.69. The van der Waals surface area contributed by atoms with Crippen LogP contribution in [0.2, 0.25) is 0 Å². The maximum atomic E-state index is 12.2. The van der Waals surface area contributed by atoms with E-state index in [1.165, 1.54) is 18.4 Å². The number of nitrogens with zero attached hydrogens (tertiary/aromatic N) is 1. The Hall–Kier alpha value is -2.02. The first-order valence-electron chi connectivity index (χ1n) is 5.93. The molecule has 2 atom stereocenters. The van der Waals surface area contributed by atoms with Gasteiger partial charge in [0, 0.05) is 22.8 Å². The lowest BCUT2D eigenvalue weighted by molar-refractivity contribution is -0.141. The van der Waals surface area contributed by atoms with E-state index in [9.17, 15) is 23.7 Å². The fraction of sp³-hybridized carbons (Fsp3) is 0.308. The van der Waals surface area contributed by atoms with E-state index in [4.69, 9.17) is 0 Å². The average Bonchev–Trinajstić information content (AvgIpc) is 2.64. The van der Waals surface area contributed by atoms with Crippen LogP contribution in [0, 0.1) is 0 Å². The van der Waals surface area contributed by atoms with Crippen molar-refractivity contribution >= 4 is 28.6 Å². The lowest BCUT2D eigenvalue weighted by Gasteiger charge is -2.22. The maximum Gasteiger partial charge on any atom is 0.326 e. The molecule has 0 radical (unpaired) electrons. The molecule has 0 aliphatic carbocycles. The van der Waals surface area contributed by atoms with Gasteiger partial charge in [-0.1, -0.05) is 12.1 Å². The Labute approximate surface area is 117 Å². The molecule has 1 heterocycles. The largest absolute Gasteiger partial charge is 0.480 e. The van der Waals surface area contributed by atoms with Crippen LogP contribution in [-0.2, 0) is 15.6 Å². The lowest BCUT2D eigenvalue weighted by atomic mass is 10.1. The van der Waals surface area contributed by atoms with Gasteiger partial charge < -0.3 is 5.11 Å². The number of carboxylic acid groups (broad SMARTS) is 1. The molecule has 20 heavy (non-hydrogen) atoms. The fourth-order valence-electron chi connectivity index (χ4n) is 2.13. The molecule has 1 aromatic carbocycles. The van der Waals surface area contributed by atoms with Gasteiger partial charge in [-0.3, -0.25) is 18.7 Å². The molecular formula is C13H13NO5S. The molecule has 6 nitrogen and oxygen atoms in total. The van der Waals surface area contributed by atoms with E-state index in [2.05, 4.69) is 0 Å². The highest BCUT2D eigenvalue weighted by molar-refractivity contribution is 7.84. The number of carboxylic acids is 1. The molecule has 1 aromatic rings. The first kappa shape index (κ1) is 14.4. The number of rotatable bonds is 5. The van der Waals surface area contributed by atoms with Gasteiger partial charge in [0.05, 0.1) is 11.1 Å². The van der Waals surface area contributed by atoms with Crippen LogP contribution in [0.4, 0.5) is 0 Å². The number of imide groups is 1. The minimum atomic E-state index is -1.29. The Morgan fingerprint density at radius 1 is 1.25 bits per heavy atom.